The molecule has 0 unspecified atom stereocenters. The third kappa shape index (κ3) is 1.69. The normalized spacial score (nSPS) is 17.1. The fourth-order valence-corrected chi connectivity index (χ4v) is 1.50. The van der Waals surface area contributed by atoms with Gasteiger partial charge < -0.3 is 10.2 Å². The van der Waals surface area contributed by atoms with Crippen molar-refractivity contribution in [2.24, 2.45) is 5.41 Å². The highest BCUT2D eigenvalue weighted by Crippen LogP contribution is 2.26. The minimum Gasteiger partial charge on any atom is -0.480 e. The van der Waals surface area contributed by atoms with Gasteiger partial charge in [0.15, 0.2) is 0 Å². The van der Waals surface area contributed by atoms with Gasteiger partial charge >= 0.3 is 11.9 Å². The average molecular weight is 234 g/mol. The Balaban J connectivity index is 2.31. The second kappa shape index (κ2) is 3.82. The number of carbonyl (C=O) groups is 2. The topological polar surface area (TPSA) is 82.8 Å². The van der Waals surface area contributed by atoms with E-state index in [1.165, 1.54) is 12.4 Å². The van der Waals surface area contributed by atoms with E-state index in [0.29, 0.717) is 0 Å². The maximum Gasteiger partial charge on any atom is 0.329 e. The molecule has 0 radical (unpaired) electrons. The SMILES string of the molecule is O=C(O)C1(C(=O)O)C=CN(n2cccc2)C=C1. The van der Waals surface area contributed by atoms with Crippen LogP contribution < -0.4 is 5.01 Å². The maximum atomic E-state index is 11.0. The first-order valence-corrected chi connectivity index (χ1v) is 4.83. The van der Waals surface area contributed by atoms with Gasteiger partial charge in [0.25, 0.3) is 0 Å². The van der Waals surface area contributed by atoms with Crippen molar-refractivity contribution in [3.8, 4) is 0 Å². The first-order chi connectivity index (χ1) is 8.06. The van der Waals surface area contributed by atoms with Gasteiger partial charge in [-0.15, -0.1) is 0 Å². The van der Waals surface area contributed by atoms with Crippen LogP contribution in [0.25, 0.3) is 0 Å². The lowest BCUT2D eigenvalue weighted by Crippen LogP contribution is -2.39. The molecular formula is C11H10N2O4. The lowest BCUT2D eigenvalue weighted by molar-refractivity contribution is -0.157. The number of aromatic nitrogens is 1. The van der Waals surface area contributed by atoms with Gasteiger partial charge in [-0.3, -0.25) is 19.3 Å². The second-order valence-corrected chi connectivity index (χ2v) is 3.55. The minimum absolute atomic E-state index is 1.14. The van der Waals surface area contributed by atoms with Gasteiger partial charge in [-0.1, -0.05) is 0 Å². The number of rotatable bonds is 3. The first kappa shape index (κ1) is 11.0. The Bertz CT molecular complexity index is 472. The van der Waals surface area contributed by atoms with E-state index < -0.39 is 17.4 Å². The Hall–Kier alpha value is -2.50. The van der Waals surface area contributed by atoms with Crippen molar-refractivity contribution in [1.29, 1.82) is 0 Å². The van der Waals surface area contributed by atoms with Crippen molar-refractivity contribution in [3.05, 3.63) is 49.1 Å². The molecule has 88 valence electrons. The van der Waals surface area contributed by atoms with Crippen LogP contribution in [0.4, 0.5) is 0 Å². The van der Waals surface area contributed by atoms with Crippen LogP contribution in [0.3, 0.4) is 0 Å². The van der Waals surface area contributed by atoms with Crippen molar-refractivity contribution in [2.45, 2.75) is 0 Å². The summed E-state index contributed by atoms with van der Waals surface area (Å²) in [7, 11) is 0. The van der Waals surface area contributed by atoms with Crippen LogP contribution in [-0.4, -0.2) is 26.8 Å². The van der Waals surface area contributed by atoms with Gasteiger partial charge in [-0.05, 0) is 24.3 Å². The van der Waals surface area contributed by atoms with Crippen LogP contribution in [-0.2, 0) is 9.59 Å². The molecule has 0 saturated heterocycles. The molecular weight excluding hydrogens is 224 g/mol. The van der Waals surface area contributed by atoms with Gasteiger partial charge in [0.1, 0.15) is 0 Å². The van der Waals surface area contributed by atoms with E-state index in [1.54, 1.807) is 34.2 Å². The lowest BCUT2D eigenvalue weighted by atomic mass is 9.87. The molecule has 1 aliphatic heterocycles. The van der Waals surface area contributed by atoms with Crippen LogP contribution in [0.1, 0.15) is 0 Å². The van der Waals surface area contributed by atoms with E-state index in [4.69, 9.17) is 10.2 Å². The van der Waals surface area contributed by atoms with Gasteiger partial charge in [-0.25, -0.2) is 0 Å². The summed E-state index contributed by atoms with van der Waals surface area (Å²) in [6.45, 7) is 0. The lowest BCUT2D eigenvalue weighted by Gasteiger charge is -2.26. The summed E-state index contributed by atoms with van der Waals surface area (Å²) in [4.78, 5) is 22.0. The maximum absolute atomic E-state index is 11.0. The van der Waals surface area contributed by atoms with E-state index in [2.05, 4.69) is 0 Å². The van der Waals surface area contributed by atoms with Crippen LogP contribution >= 0.6 is 0 Å². The zero-order valence-corrected chi connectivity index (χ0v) is 8.72. The molecule has 2 heterocycles. The van der Waals surface area contributed by atoms with E-state index in [9.17, 15) is 9.59 Å². The number of nitrogens with zero attached hydrogens (tertiary/aromatic N) is 2. The molecule has 0 fully saturated rings. The highest BCUT2D eigenvalue weighted by Gasteiger charge is 2.43. The van der Waals surface area contributed by atoms with Gasteiger partial charge in [-0.2, -0.15) is 0 Å². The molecule has 0 aromatic carbocycles. The van der Waals surface area contributed by atoms with Crippen LogP contribution in [0.2, 0.25) is 0 Å². The summed E-state index contributed by atoms with van der Waals surface area (Å²) in [5.74, 6) is -2.82. The molecule has 0 atom stereocenters. The third-order valence-corrected chi connectivity index (χ3v) is 2.54. The van der Waals surface area contributed by atoms with E-state index in [-0.39, 0.29) is 0 Å². The summed E-state index contributed by atoms with van der Waals surface area (Å²) in [6.07, 6.45) is 8.59. The molecule has 0 aliphatic carbocycles. The van der Waals surface area contributed by atoms with E-state index in [1.807, 2.05) is 0 Å². The number of carboxylic acids is 2. The van der Waals surface area contributed by atoms with E-state index in [0.717, 1.165) is 12.2 Å². The molecule has 17 heavy (non-hydrogen) atoms. The highest BCUT2D eigenvalue weighted by molar-refractivity contribution is 6.03. The fourth-order valence-electron chi connectivity index (χ4n) is 1.50. The Kier molecular flexibility index (Phi) is 2.47. The number of carboxylic acid groups (broad SMARTS) is 2. The molecule has 1 aliphatic rings. The van der Waals surface area contributed by atoms with Crippen molar-refractivity contribution in [1.82, 2.24) is 4.68 Å². The molecule has 0 amide bonds. The predicted molar refractivity (Wildman–Crippen MR) is 58.6 cm³/mol. The Morgan fingerprint density at radius 2 is 1.41 bits per heavy atom. The van der Waals surface area contributed by atoms with Crippen molar-refractivity contribution < 1.29 is 19.8 Å². The van der Waals surface area contributed by atoms with Gasteiger partial charge in [0.05, 0.1) is 0 Å². The third-order valence-electron chi connectivity index (χ3n) is 2.54. The zero-order valence-electron chi connectivity index (χ0n) is 8.72. The standard InChI is InChI=1S/C11H10N2O4/c14-9(15)11(10(16)17)3-7-13(8-4-11)12-5-1-2-6-12/h1-8H,(H,14,15)(H,16,17). The van der Waals surface area contributed by atoms with Gasteiger partial charge in [0.2, 0.25) is 5.41 Å². The molecule has 0 bridgehead atoms. The van der Waals surface area contributed by atoms with Crippen molar-refractivity contribution in [2.75, 3.05) is 5.01 Å². The molecule has 2 rings (SSSR count). The fraction of sp³-hybridized carbons (Fsp3) is 0.0909. The zero-order chi connectivity index (χ0) is 12.5. The predicted octanol–water partition coefficient (Wildman–Crippen LogP) is 0.623. The molecule has 1 aromatic rings. The smallest absolute Gasteiger partial charge is 0.329 e. The monoisotopic (exact) mass is 234 g/mol. The molecule has 6 nitrogen and oxygen atoms in total. The summed E-state index contributed by atoms with van der Waals surface area (Å²) in [5.41, 5.74) is -1.98. The Morgan fingerprint density at radius 3 is 1.82 bits per heavy atom. The molecule has 1 aromatic heterocycles. The van der Waals surface area contributed by atoms with Crippen LogP contribution in [0.15, 0.2) is 49.1 Å². The molecule has 0 saturated carbocycles. The summed E-state index contributed by atoms with van der Waals surface area (Å²) < 4.78 is 1.68. The minimum atomic E-state index is -1.98. The largest absolute Gasteiger partial charge is 0.480 e. The Labute approximate surface area is 96.7 Å². The number of hydrogen-bond acceptors (Lipinski definition) is 3. The second-order valence-electron chi connectivity index (χ2n) is 3.55. The molecule has 2 N–H and O–H groups in total. The summed E-state index contributed by atoms with van der Waals surface area (Å²) in [6, 6.07) is 3.61. The van der Waals surface area contributed by atoms with Crippen LogP contribution in [0.5, 0.6) is 0 Å². The van der Waals surface area contributed by atoms with Crippen molar-refractivity contribution in [3.63, 3.8) is 0 Å². The molecule has 6 heteroatoms. The summed E-state index contributed by atoms with van der Waals surface area (Å²) in [5, 5.41) is 19.5. The molecule has 0 spiro atoms. The van der Waals surface area contributed by atoms with Crippen molar-refractivity contribution >= 4 is 11.9 Å². The summed E-state index contributed by atoms with van der Waals surface area (Å²) >= 11 is 0. The Morgan fingerprint density at radius 1 is 0.941 bits per heavy atom. The van der Waals surface area contributed by atoms with Crippen LogP contribution in [0, 0.1) is 5.41 Å². The number of aliphatic carboxylic acids is 2. The van der Waals surface area contributed by atoms with Gasteiger partial charge in [0, 0.05) is 24.8 Å². The quantitative estimate of drug-likeness (QED) is 0.749. The average Bonchev–Trinajstić information content (AvgIpc) is 2.82. The van der Waals surface area contributed by atoms with E-state index >= 15 is 0 Å². The number of hydrogen-bond donors (Lipinski definition) is 2. The first-order valence-electron chi connectivity index (χ1n) is 4.83. The highest BCUT2D eigenvalue weighted by atomic mass is 16.4.